The number of piperidine rings is 2. The summed E-state index contributed by atoms with van der Waals surface area (Å²) >= 11 is 18.5. The number of hydrogen-bond donors (Lipinski definition) is 2. The van der Waals surface area contributed by atoms with E-state index >= 15 is 0 Å². The summed E-state index contributed by atoms with van der Waals surface area (Å²) in [5.74, 6) is -0.410. The first-order valence-electron chi connectivity index (χ1n) is 13.0. The largest absolute Gasteiger partial charge is 0.350 e. The highest BCUT2D eigenvalue weighted by Crippen LogP contribution is 2.36. The van der Waals surface area contributed by atoms with E-state index in [-0.39, 0.29) is 20.0 Å². The molecule has 2 N–H and O–H groups in total. The van der Waals surface area contributed by atoms with Gasteiger partial charge < -0.3 is 15.4 Å². The normalized spacial score (nSPS) is 19.7. The molecule has 7 nitrogen and oxygen atoms in total. The van der Waals surface area contributed by atoms with E-state index in [1.165, 1.54) is 37.0 Å². The molecule has 1 amide bonds. The fourth-order valence-corrected chi connectivity index (χ4v) is 8.27. The number of carbonyl (C=O) groups is 1. The Morgan fingerprint density at radius 3 is 2.29 bits per heavy atom. The minimum atomic E-state index is -4.15. The van der Waals surface area contributed by atoms with Gasteiger partial charge in [0, 0.05) is 24.2 Å². The number of hydrogen-bond acceptors (Lipinski definition) is 6. The Balaban J connectivity index is 1.37. The van der Waals surface area contributed by atoms with Crippen molar-refractivity contribution in [2.75, 3.05) is 26.2 Å². The summed E-state index contributed by atoms with van der Waals surface area (Å²) in [6, 6.07) is 10.3. The van der Waals surface area contributed by atoms with Crippen LogP contribution in [0.1, 0.15) is 49.7 Å². The molecule has 2 fully saturated rings. The Labute approximate surface area is 240 Å². The van der Waals surface area contributed by atoms with Gasteiger partial charge in [-0.2, -0.15) is 0 Å². The number of halogens is 3. The minimum Gasteiger partial charge on any atom is -0.350 e. The highest BCUT2D eigenvalue weighted by atomic mass is 35.5. The van der Waals surface area contributed by atoms with Crippen molar-refractivity contribution in [3.8, 4) is 0 Å². The number of rotatable bonds is 10. The third kappa shape index (κ3) is 7.84. The molecular formula is C27H34Cl3N3O4S. The van der Waals surface area contributed by atoms with Crippen LogP contribution < -0.4 is 10.6 Å². The monoisotopic (exact) mass is 601 g/mol. The van der Waals surface area contributed by atoms with Crippen LogP contribution in [0.2, 0.25) is 15.1 Å². The second-order valence-corrected chi connectivity index (χ2v) is 13.1. The van der Waals surface area contributed by atoms with Crippen molar-refractivity contribution in [3.63, 3.8) is 0 Å². The Hall–Kier alpha value is -1.39. The maximum atomic E-state index is 13.6. The van der Waals surface area contributed by atoms with Crippen molar-refractivity contribution in [2.45, 2.75) is 68.0 Å². The van der Waals surface area contributed by atoms with Crippen LogP contribution >= 0.6 is 34.8 Å². The number of likely N-dealkylation sites (tertiary alicyclic amines) is 1. The topological polar surface area (TPSA) is 87.7 Å². The molecule has 2 unspecified atom stereocenters. The number of nitrogens with one attached hydrogen (secondary N) is 2. The average molecular weight is 603 g/mol. The maximum absolute atomic E-state index is 13.6. The molecule has 4 rings (SSSR count). The quantitative estimate of drug-likeness (QED) is 0.388. The van der Waals surface area contributed by atoms with Crippen molar-refractivity contribution in [3.05, 3.63) is 62.6 Å². The molecule has 0 aromatic heterocycles. The van der Waals surface area contributed by atoms with E-state index in [1.807, 2.05) is 12.1 Å². The van der Waals surface area contributed by atoms with E-state index in [9.17, 15) is 13.2 Å². The van der Waals surface area contributed by atoms with E-state index in [4.69, 9.17) is 39.5 Å². The van der Waals surface area contributed by atoms with Crippen LogP contribution in [0.3, 0.4) is 0 Å². The maximum Gasteiger partial charge on any atom is 0.246 e. The number of carbonyl (C=O) groups excluding carboxylic acids is 1. The van der Waals surface area contributed by atoms with Gasteiger partial charge in [-0.25, -0.2) is 8.42 Å². The molecule has 2 atom stereocenters. The molecule has 2 aromatic carbocycles. The van der Waals surface area contributed by atoms with Crippen molar-refractivity contribution < 1.29 is 17.9 Å². The summed E-state index contributed by atoms with van der Waals surface area (Å²) < 4.78 is 33.1. The fourth-order valence-electron chi connectivity index (χ4n) is 5.00. The average Bonchev–Trinajstić information content (AvgIpc) is 2.89. The molecule has 2 saturated heterocycles. The van der Waals surface area contributed by atoms with Crippen molar-refractivity contribution in [2.24, 2.45) is 0 Å². The summed E-state index contributed by atoms with van der Waals surface area (Å²) in [6.07, 6.45) is 6.18. The van der Waals surface area contributed by atoms with E-state index in [0.717, 1.165) is 38.0 Å². The zero-order valence-corrected chi connectivity index (χ0v) is 24.3. The summed E-state index contributed by atoms with van der Waals surface area (Å²) in [6.45, 7) is 3.77. The second-order valence-electron chi connectivity index (χ2n) is 9.91. The molecule has 0 bridgehead atoms. The lowest BCUT2D eigenvalue weighted by atomic mass is 10.1. The molecule has 2 aliphatic rings. The summed E-state index contributed by atoms with van der Waals surface area (Å²) in [7, 11) is -4.15. The first kappa shape index (κ1) is 29.6. The van der Waals surface area contributed by atoms with Gasteiger partial charge in [0.2, 0.25) is 15.7 Å². The predicted octanol–water partition coefficient (Wildman–Crippen LogP) is 5.21. The van der Waals surface area contributed by atoms with Gasteiger partial charge in [-0.05, 0) is 68.6 Å². The Morgan fingerprint density at radius 1 is 1.00 bits per heavy atom. The molecular weight excluding hydrogens is 569 g/mol. The molecule has 0 radical (unpaired) electrons. The molecule has 2 heterocycles. The Morgan fingerprint density at radius 2 is 1.66 bits per heavy atom. The van der Waals surface area contributed by atoms with Gasteiger partial charge in [0.05, 0.1) is 10.0 Å². The second kappa shape index (κ2) is 13.8. The molecule has 0 saturated carbocycles. The van der Waals surface area contributed by atoms with Gasteiger partial charge in [0.1, 0.15) is 11.5 Å². The van der Waals surface area contributed by atoms with Crippen LogP contribution in [0.15, 0.2) is 41.3 Å². The number of benzene rings is 2. The molecule has 0 spiro atoms. The SMILES string of the molecule is O=C(COC(C1CCCCN1)S(=O)(=O)c1c(Cl)cc(Cl)cc1Cl)NCc1ccc(CN2CCCCC2)cc1. The fraction of sp³-hybridized carbons (Fsp3) is 0.519. The minimum absolute atomic E-state index is 0.0832. The van der Waals surface area contributed by atoms with Gasteiger partial charge in [-0.15, -0.1) is 0 Å². The molecule has 11 heteroatoms. The number of nitrogens with zero attached hydrogens (tertiary/aromatic N) is 1. The van der Waals surface area contributed by atoms with E-state index in [0.29, 0.717) is 19.5 Å². The molecule has 2 aliphatic heterocycles. The third-order valence-electron chi connectivity index (χ3n) is 6.98. The van der Waals surface area contributed by atoms with E-state index < -0.39 is 33.8 Å². The molecule has 2 aromatic rings. The first-order valence-corrected chi connectivity index (χ1v) is 15.7. The van der Waals surface area contributed by atoms with Crippen LogP contribution in [0.5, 0.6) is 0 Å². The van der Waals surface area contributed by atoms with Crippen LogP contribution in [0.25, 0.3) is 0 Å². The predicted molar refractivity (Wildman–Crippen MR) is 151 cm³/mol. The lowest BCUT2D eigenvalue weighted by Gasteiger charge is -2.31. The lowest BCUT2D eigenvalue weighted by Crippen LogP contribution is -2.49. The van der Waals surface area contributed by atoms with Crippen molar-refractivity contribution in [1.82, 2.24) is 15.5 Å². The van der Waals surface area contributed by atoms with Crippen LogP contribution in [-0.2, 0) is 32.5 Å². The molecule has 208 valence electrons. The van der Waals surface area contributed by atoms with E-state index in [2.05, 4.69) is 27.7 Å². The van der Waals surface area contributed by atoms with Crippen LogP contribution in [0.4, 0.5) is 0 Å². The third-order valence-corrected chi connectivity index (χ3v) is 10.1. The highest BCUT2D eigenvalue weighted by Gasteiger charge is 2.39. The Kier molecular flexibility index (Phi) is 10.7. The van der Waals surface area contributed by atoms with Crippen molar-refractivity contribution in [1.29, 1.82) is 0 Å². The first-order chi connectivity index (χ1) is 18.2. The lowest BCUT2D eigenvalue weighted by molar-refractivity contribution is -0.126. The smallest absolute Gasteiger partial charge is 0.246 e. The summed E-state index contributed by atoms with van der Waals surface area (Å²) in [5.41, 5.74) is 0.871. The molecule has 38 heavy (non-hydrogen) atoms. The van der Waals surface area contributed by atoms with Gasteiger partial charge >= 0.3 is 0 Å². The summed E-state index contributed by atoms with van der Waals surface area (Å²) in [4.78, 5) is 14.9. The van der Waals surface area contributed by atoms with Gasteiger partial charge in [0.15, 0.2) is 5.44 Å². The summed E-state index contributed by atoms with van der Waals surface area (Å²) in [5, 5.41) is 6.09. The van der Waals surface area contributed by atoms with Gasteiger partial charge in [-0.3, -0.25) is 9.69 Å². The zero-order valence-electron chi connectivity index (χ0n) is 21.2. The highest BCUT2D eigenvalue weighted by molar-refractivity contribution is 7.92. The van der Waals surface area contributed by atoms with Crippen molar-refractivity contribution >= 4 is 50.5 Å². The number of amides is 1. The zero-order chi connectivity index (χ0) is 27.1. The van der Waals surface area contributed by atoms with Gasteiger partial charge in [0.25, 0.3) is 0 Å². The van der Waals surface area contributed by atoms with Crippen LogP contribution in [0, 0.1) is 0 Å². The van der Waals surface area contributed by atoms with E-state index in [1.54, 1.807) is 0 Å². The number of sulfone groups is 1. The van der Waals surface area contributed by atoms with Gasteiger partial charge in [-0.1, -0.05) is 71.9 Å². The molecule has 0 aliphatic carbocycles. The standard InChI is InChI=1S/C27H34Cl3N3O4S/c28-21-14-22(29)26(23(30)15-21)38(35,36)27(24-6-2-3-11-31-24)37-18-25(34)32-16-19-7-9-20(10-8-19)17-33-12-4-1-5-13-33/h7-10,14-15,24,27,31H,1-6,11-13,16-18H2,(H,32,34). The Bertz CT molecular complexity index is 1180. The number of ether oxygens (including phenoxy) is 1. The van der Waals surface area contributed by atoms with Crippen LogP contribution in [-0.4, -0.2) is 56.9 Å².